The maximum atomic E-state index is 12.2. The first-order valence-electron chi connectivity index (χ1n) is 8.82. The van der Waals surface area contributed by atoms with Crippen LogP contribution in [0, 0.1) is 10.1 Å². The quantitative estimate of drug-likeness (QED) is 0.583. The van der Waals surface area contributed by atoms with E-state index in [1.54, 1.807) is 19.2 Å². The highest BCUT2D eigenvalue weighted by Gasteiger charge is 2.22. The van der Waals surface area contributed by atoms with Gasteiger partial charge in [-0.1, -0.05) is 6.07 Å². The molecule has 2 aromatic rings. The minimum Gasteiger partial charge on any atom is -0.497 e. The Morgan fingerprint density at radius 3 is 2.56 bits per heavy atom. The molecule has 0 saturated carbocycles. The van der Waals surface area contributed by atoms with Crippen LogP contribution in [0.5, 0.6) is 5.75 Å². The van der Waals surface area contributed by atoms with Crippen molar-refractivity contribution >= 4 is 23.0 Å². The van der Waals surface area contributed by atoms with Crippen LogP contribution in [0.4, 0.5) is 17.1 Å². The van der Waals surface area contributed by atoms with Crippen molar-refractivity contribution in [1.82, 2.24) is 0 Å². The lowest BCUT2D eigenvalue weighted by Crippen LogP contribution is -3.15. The predicted octanol–water partition coefficient (Wildman–Crippen LogP) is 0.947. The Hall–Kier alpha value is -3.13. The number of nitrogens with one attached hydrogen (secondary N) is 2. The topological polar surface area (TPSA) is 89.2 Å². The van der Waals surface area contributed by atoms with Crippen molar-refractivity contribution in [3.63, 3.8) is 0 Å². The Bertz CT molecular complexity index is 802. The summed E-state index contributed by atoms with van der Waals surface area (Å²) in [5.74, 6) is 0.749. The lowest BCUT2D eigenvalue weighted by atomic mass is 10.2. The van der Waals surface area contributed by atoms with Gasteiger partial charge in [0.1, 0.15) is 5.75 Å². The molecular weight excluding hydrogens is 348 g/mol. The molecule has 2 aromatic carbocycles. The van der Waals surface area contributed by atoms with E-state index in [9.17, 15) is 14.9 Å². The lowest BCUT2D eigenvalue weighted by Gasteiger charge is -2.33. The van der Waals surface area contributed by atoms with Gasteiger partial charge in [-0.15, -0.1) is 0 Å². The van der Waals surface area contributed by atoms with Gasteiger partial charge in [0.25, 0.3) is 11.6 Å². The predicted molar refractivity (Wildman–Crippen MR) is 102 cm³/mol. The van der Waals surface area contributed by atoms with Crippen LogP contribution in [0.3, 0.4) is 0 Å². The Morgan fingerprint density at radius 1 is 1.22 bits per heavy atom. The zero-order valence-corrected chi connectivity index (χ0v) is 15.2. The Kier molecular flexibility index (Phi) is 5.87. The second-order valence-electron chi connectivity index (χ2n) is 6.47. The van der Waals surface area contributed by atoms with Crippen LogP contribution in [-0.2, 0) is 4.79 Å². The molecule has 3 rings (SSSR count). The number of benzene rings is 2. The van der Waals surface area contributed by atoms with Crippen LogP contribution in [0.15, 0.2) is 48.5 Å². The molecule has 0 atom stereocenters. The van der Waals surface area contributed by atoms with Crippen molar-refractivity contribution in [2.45, 2.75) is 0 Å². The normalized spacial score (nSPS) is 14.6. The SMILES string of the molecule is COc1cccc(N2CC[NH+](CC(=O)Nc3ccc([N+](=O)[O-])cc3)CC2)c1. The lowest BCUT2D eigenvalue weighted by molar-refractivity contribution is -0.892. The summed E-state index contributed by atoms with van der Waals surface area (Å²) in [5, 5.41) is 13.5. The smallest absolute Gasteiger partial charge is 0.279 e. The molecule has 0 unspecified atom stereocenters. The molecule has 1 aliphatic heterocycles. The number of hydrogen-bond acceptors (Lipinski definition) is 5. The number of anilines is 2. The number of amides is 1. The third kappa shape index (κ3) is 4.95. The number of nitro benzene ring substituents is 1. The molecule has 142 valence electrons. The number of hydrogen-bond donors (Lipinski definition) is 2. The molecule has 2 N–H and O–H groups in total. The fourth-order valence-corrected chi connectivity index (χ4v) is 3.16. The van der Waals surface area contributed by atoms with Gasteiger partial charge in [-0.05, 0) is 24.3 Å². The molecule has 1 heterocycles. The van der Waals surface area contributed by atoms with Gasteiger partial charge >= 0.3 is 0 Å². The van der Waals surface area contributed by atoms with Crippen LogP contribution in [0.2, 0.25) is 0 Å². The largest absolute Gasteiger partial charge is 0.497 e. The molecule has 1 saturated heterocycles. The van der Waals surface area contributed by atoms with E-state index in [0.717, 1.165) is 37.6 Å². The van der Waals surface area contributed by atoms with Crippen LogP contribution in [-0.4, -0.2) is 50.7 Å². The number of nitrogens with zero attached hydrogens (tertiary/aromatic N) is 2. The number of carbonyl (C=O) groups excluding carboxylic acids is 1. The van der Waals surface area contributed by atoms with E-state index in [1.165, 1.54) is 17.0 Å². The molecule has 0 radical (unpaired) electrons. The van der Waals surface area contributed by atoms with Crippen LogP contribution >= 0.6 is 0 Å². The maximum Gasteiger partial charge on any atom is 0.279 e. The third-order valence-corrected chi connectivity index (χ3v) is 4.66. The summed E-state index contributed by atoms with van der Waals surface area (Å²) in [5.41, 5.74) is 1.70. The molecule has 0 aliphatic carbocycles. The van der Waals surface area contributed by atoms with Gasteiger partial charge in [0, 0.05) is 29.6 Å². The molecule has 0 bridgehead atoms. The Morgan fingerprint density at radius 2 is 1.93 bits per heavy atom. The van der Waals surface area contributed by atoms with Gasteiger partial charge in [0.2, 0.25) is 0 Å². The molecule has 0 aromatic heterocycles. The number of piperazine rings is 1. The van der Waals surface area contributed by atoms with Crippen molar-refractivity contribution in [3.05, 3.63) is 58.6 Å². The second kappa shape index (κ2) is 8.50. The molecule has 27 heavy (non-hydrogen) atoms. The van der Waals surface area contributed by atoms with Crippen LogP contribution in [0.1, 0.15) is 0 Å². The number of quaternary nitrogens is 1. The van der Waals surface area contributed by atoms with Crippen molar-refractivity contribution in [1.29, 1.82) is 0 Å². The molecule has 1 fully saturated rings. The number of ether oxygens (including phenoxy) is 1. The highest BCUT2D eigenvalue weighted by atomic mass is 16.6. The van der Waals surface area contributed by atoms with Gasteiger partial charge < -0.3 is 19.9 Å². The minimum absolute atomic E-state index is 0.00675. The van der Waals surface area contributed by atoms with Gasteiger partial charge in [-0.3, -0.25) is 14.9 Å². The first-order valence-corrected chi connectivity index (χ1v) is 8.82. The van der Waals surface area contributed by atoms with Crippen molar-refractivity contribution in [2.75, 3.05) is 50.1 Å². The van der Waals surface area contributed by atoms with Crippen molar-refractivity contribution in [3.8, 4) is 5.75 Å². The number of non-ortho nitro benzene ring substituents is 1. The summed E-state index contributed by atoms with van der Waals surface area (Å²) < 4.78 is 5.27. The third-order valence-electron chi connectivity index (χ3n) is 4.66. The summed E-state index contributed by atoms with van der Waals surface area (Å²) >= 11 is 0. The van der Waals surface area contributed by atoms with Crippen LogP contribution < -0.4 is 19.9 Å². The average Bonchev–Trinajstić information content (AvgIpc) is 2.69. The fraction of sp³-hybridized carbons (Fsp3) is 0.316. The number of carbonyl (C=O) groups is 1. The minimum atomic E-state index is -0.461. The monoisotopic (exact) mass is 371 g/mol. The van der Waals surface area contributed by atoms with E-state index < -0.39 is 4.92 Å². The number of rotatable bonds is 6. The van der Waals surface area contributed by atoms with Gasteiger partial charge in [0.05, 0.1) is 38.2 Å². The highest BCUT2D eigenvalue weighted by Crippen LogP contribution is 2.20. The summed E-state index contributed by atoms with van der Waals surface area (Å²) in [6.07, 6.45) is 0. The van der Waals surface area contributed by atoms with Gasteiger partial charge in [-0.2, -0.15) is 0 Å². The molecular formula is C19H23N4O4+. The number of nitro groups is 1. The summed E-state index contributed by atoms with van der Waals surface area (Å²) in [6, 6.07) is 13.8. The molecule has 8 heteroatoms. The van der Waals surface area contributed by atoms with E-state index in [2.05, 4.69) is 16.3 Å². The second-order valence-corrected chi connectivity index (χ2v) is 6.47. The molecule has 1 aliphatic rings. The highest BCUT2D eigenvalue weighted by molar-refractivity contribution is 5.91. The summed E-state index contributed by atoms with van der Waals surface area (Å²) in [4.78, 5) is 26.0. The molecule has 1 amide bonds. The Balaban J connectivity index is 1.48. The van der Waals surface area contributed by atoms with E-state index in [1.807, 2.05) is 18.2 Å². The molecule has 0 spiro atoms. The zero-order chi connectivity index (χ0) is 19.2. The average molecular weight is 371 g/mol. The summed E-state index contributed by atoms with van der Waals surface area (Å²) in [6.45, 7) is 3.85. The van der Waals surface area contributed by atoms with Crippen molar-refractivity contribution in [2.24, 2.45) is 0 Å². The Labute approximate surface area is 157 Å². The van der Waals surface area contributed by atoms with E-state index in [0.29, 0.717) is 12.2 Å². The number of methoxy groups -OCH3 is 1. The van der Waals surface area contributed by atoms with Gasteiger partial charge in [-0.25, -0.2) is 0 Å². The van der Waals surface area contributed by atoms with Crippen molar-refractivity contribution < 1.29 is 19.4 Å². The van der Waals surface area contributed by atoms with E-state index >= 15 is 0 Å². The van der Waals surface area contributed by atoms with E-state index in [-0.39, 0.29) is 11.6 Å². The maximum absolute atomic E-state index is 12.2. The zero-order valence-electron chi connectivity index (χ0n) is 15.2. The van der Waals surface area contributed by atoms with Crippen LogP contribution in [0.25, 0.3) is 0 Å². The summed E-state index contributed by atoms with van der Waals surface area (Å²) in [7, 11) is 1.66. The molecule has 8 nitrogen and oxygen atoms in total. The van der Waals surface area contributed by atoms with E-state index in [4.69, 9.17) is 4.74 Å². The first kappa shape index (κ1) is 18.7. The van der Waals surface area contributed by atoms with Gasteiger partial charge in [0.15, 0.2) is 6.54 Å². The fourth-order valence-electron chi connectivity index (χ4n) is 3.16. The first-order chi connectivity index (χ1) is 13.0. The standard InChI is InChI=1S/C19H22N4O4/c1-27-18-4-2-3-17(13-18)22-11-9-21(10-12-22)14-19(24)20-15-5-7-16(8-6-15)23(25)26/h2-8,13H,9-12,14H2,1H3,(H,20,24)/p+1.